The minimum Gasteiger partial charge on any atom is -0.462 e. The van der Waals surface area contributed by atoms with Crippen LogP contribution in [0.2, 0.25) is 0 Å². The Balaban J connectivity index is 1.95. The van der Waals surface area contributed by atoms with Crippen molar-refractivity contribution in [3.8, 4) is 0 Å². The summed E-state index contributed by atoms with van der Waals surface area (Å²) in [4.78, 5) is 12.2. The Bertz CT molecular complexity index is 818. The van der Waals surface area contributed by atoms with Gasteiger partial charge in [0.05, 0.1) is 17.7 Å². The summed E-state index contributed by atoms with van der Waals surface area (Å²) in [6, 6.07) is 16.5. The lowest BCUT2D eigenvalue weighted by Gasteiger charge is -2.04. The van der Waals surface area contributed by atoms with Crippen LogP contribution in [0.1, 0.15) is 34.1 Å². The number of nitrogens with zero attached hydrogens (tertiary/aromatic N) is 1. The molecule has 3 aromatic rings. The van der Waals surface area contributed by atoms with Crippen molar-refractivity contribution in [2.75, 3.05) is 6.61 Å². The molecule has 0 bridgehead atoms. The normalized spacial score (nSPS) is 10.9. The quantitative estimate of drug-likeness (QED) is 0.661. The number of hydrogen-bond acceptors (Lipinski definition) is 2. The molecule has 0 radical (unpaired) electrons. The number of rotatable bonds is 5. The van der Waals surface area contributed by atoms with Crippen molar-refractivity contribution in [2.24, 2.45) is 0 Å². The second kappa shape index (κ2) is 6.69. The van der Waals surface area contributed by atoms with Crippen LogP contribution < -0.4 is 0 Å². The van der Waals surface area contributed by atoms with Gasteiger partial charge in [-0.05, 0) is 56.0 Å². The molecule has 1 aromatic carbocycles. The highest BCUT2D eigenvalue weighted by molar-refractivity contribution is 5.97. The van der Waals surface area contributed by atoms with Crippen molar-refractivity contribution >= 4 is 11.5 Å². The third kappa shape index (κ3) is 3.29. The number of pyridine rings is 1. The van der Waals surface area contributed by atoms with Gasteiger partial charge in [0, 0.05) is 11.9 Å². The Labute approximate surface area is 136 Å². The molecule has 23 heavy (non-hydrogen) atoms. The summed E-state index contributed by atoms with van der Waals surface area (Å²) in [6.07, 6.45) is 3.87. The predicted molar refractivity (Wildman–Crippen MR) is 91.9 cm³/mol. The molecule has 3 rings (SSSR count). The van der Waals surface area contributed by atoms with Gasteiger partial charge in [0.15, 0.2) is 0 Å². The first-order valence-electron chi connectivity index (χ1n) is 8.00. The maximum atomic E-state index is 12.2. The molecule has 118 valence electrons. The summed E-state index contributed by atoms with van der Waals surface area (Å²) in [5.74, 6) is -0.249. The van der Waals surface area contributed by atoms with Crippen LogP contribution in [0.5, 0.6) is 0 Å². The van der Waals surface area contributed by atoms with Gasteiger partial charge in [-0.15, -0.1) is 0 Å². The first kappa shape index (κ1) is 15.3. The van der Waals surface area contributed by atoms with Crippen molar-refractivity contribution in [3.05, 3.63) is 77.1 Å². The zero-order valence-corrected chi connectivity index (χ0v) is 13.6. The van der Waals surface area contributed by atoms with E-state index in [9.17, 15) is 4.79 Å². The van der Waals surface area contributed by atoms with E-state index in [1.807, 2.05) is 38.2 Å². The maximum absolute atomic E-state index is 12.2. The number of aryl methyl sites for hydroxylation is 3. The first-order chi connectivity index (χ1) is 11.2. The van der Waals surface area contributed by atoms with Crippen LogP contribution in [0.3, 0.4) is 0 Å². The fourth-order valence-electron chi connectivity index (χ4n) is 2.86. The van der Waals surface area contributed by atoms with Crippen LogP contribution in [-0.4, -0.2) is 17.0 Å². The Morgan fingerprint density at radius 3 is 2.61 bits per heavy atom. The summed E-state index contributed by atoms with van der Waals surface area (Å²) in [5.41, 5.74) is 5.14. The van der Waals surface area contributed by atoms with Gasteiger partial charge in [-0.25, -0.2) is 4.79 Å². The molecule has 0 spiro atoms. The monoisotopic (exact) mass is 307 g/mol. The number of carbonyl (C=O) groups excluding carboxylic acids is 1. The van der Waals surface area contributed by atoms with Crippen molar-refractivity contribution in [1.29, 1.82) is 0 Å². The van der Waals surface area contributed by atoms with Crippen LogP contribution in [0.25, 0.3) is 5.52 Å². The molecule has 0 saturated heterocycles. The Kier molecular flexibility index (Phi) is 4.47. The van der Waals surface area contributed by atoms with E-state index in [1.165, 1.54) is 5.56 Å². The lowest BCUT2D eigenvalue weighted by molar-refractivity contribution is 0.0529. The molecule has 0 N–H and O–H groups in total. The molecule has 0 amide bonds. The lowest BCUT2D eigenvalue weighted by atomic mass is 10.1. The van der Waals surface area contributed by atoms with Gasteiger partial charge in [0.2, 0.25) is 0 Å². The number of ether oxygens (including phenoxy) is 1. The topological polar surface area (TPSA) is 30.7 Å². The smallest absolute Gasteiger partial charge is 0.340 e. The van der Waals surface area contributed by atoms with Crippen LogP contribution in [0.4, 0.5) is 0 Å². The number of hydrogen-bond donors (Lipinski definition) is 0. The summed E-state index contributed by atoms with van der Waals surface area (Å²) < 4.78 is 7.30. The van der Waals surface area contributed by atoms with E-state index in [2.05, 4.69) is 34.7 Å². The average Bonchev–Trinajstić information content (AvgIpc) is 2.92. The van der Waals surface area contributed by atoms with Crippen LogP contribution >= 0.6 is 0 Å². The summed E-state index contributed by atoms with van der Waals surface area (Å²) in [7, 11) is 0. The van der Waals surface area contributed by atoms with Gasteiger partial charge in [-0.2, -0.15) is 0 Å². The molecule has 0 atom stereocenters. The van der Waals surface area contributed by atoms with E-state index < -0.39 is 0 Å². The molecule has 2 heterocycles. The van der Waals surface area contributed by atoms with Gasteiger partial charge >= 0.3 is 5.97 Å². The number of benzene rings is 1. The van der Waals surface area contributed by atoms with Crippen molar-refractivity contribution in [1.82, 2.24) is 4.40 Å². The summed E-state index contributed by atoms with van der Waals surface area (Å²) in [5, 5.41) is 0. The zero-order valence-electron chi connectivity index (χ0n) is 13.6. The predicted octanol–water partition coefficient (Wildman–Crippen LogP) is 4.21. The molecular weight excluding hydrogens is 286 g/mol. The maximum Gasteiger partial charge on any atom is 0.340 e. The Morgan fingerprint density at radius 2 is 1.87 bits per heavy atom. The molecule has 3 heteroatoms. The first-order valence-corrected chi connectivity index (χ1v) is 8.00. The van der Waals surface area contributed by atoms with E-state index in [0.29, 0.717) is 12.2 Å². The highest BCUT2D eigenvalue weighted by Gasteiger charge is 2.16. The second-order valence-corrected chi connectivity index (χ2v) is 5.71. The molecule has 0 aliphatic rings. The molecule has 2 aromatic heterocycles. The highest BCUT2D eigenvalue weighted by Crippen LogP contribution is 2.21. The molecular formula is C20H21NO2. The van der Waals surface area contributed by atoms with Crippen molar-refractivity contribution in [2.45, 2.75) is 26.7 Å². The van der Waals surface area contributed by atoms with Gasteiger partial charge in [0.25, 0.3) is 0 Å². The zero-order chi connectivity index (χ0) is 16.2. The fourth-order valence-corrected chi connectivity index (χ4v) is 2.86. The second-order valence-electron chi connectivity index (χ2n) is 5.71. The number of fused-ring (bicyclic) bond motifs is 1. The fraction of sp³-hybridized carbons (Fsp3) is 0.250. The van der Waals surface area contributed by atoms with E-state index in [0.717, 1.165) is 29.6 Å². The van der Waals surface area contributed by atoms with Gasteiger partial charge in [-0.1, -0.05) is 30.3 Å². The summed E-state index contributed by atoms with van der Waals surface area (Å²) >= 11 is 0. The average molecular weight is 307 g/mol. The molecule has 0 unspecified atom stereocenters. The molecule has 0 aliphatic carbocycles. The lowest BCUT2D eigenvalue weighted by Crippen LogP contribution is -2.04. The highest BCUT2D eigenvalue weighted by atomic mass is 16.5. The largest absolute Gasteiger partial charge is 0.462 e. The van der Waals surface area contributed by atoms with Crippen LogP contribution in [0.15, 0.2) is 54.7 Å². The van der Waals surface area contributed by atoms with Crippen LogP contribution in [0, 0.1) is 6.92 Å². The van der Waals surface area contributed by atoms with E-state index in [4.69, 9.17) is 4.74 Å². The van der Waals surface area contributed by atoms with Gasteiger partial charge < -0.3 is 9.14 Å². The number of carbonyl (C=O) groups is 1. The Morgan fingerprint density at radius 1 is 1.09 bits per heavy atom. The summed E-state index contributed by atoms with van der Waals surface area (Å²) in [6.45, 7) is 4.25. The third-order valence-corrected chi connectivity index (χ3v) is 4.01. The van der Waals surface area contributed by atoms with Crippen molar-refractivity contribution in [3.63, 3.8) is 0 Å². The molecule has 3 nitrogen and oxygen atoms in total. The minimum absolute atomic E-state index is 0.249. The molecule has 0 fully saturated rings. The Hall–Kier alpha value is -2.55. The van der Waals surface area contributed by atoms with Gasteiger partial charge in [0.1, 0.15) is 0 Å². The van der Waals surface area contributed by atoms with Crippen LogP contribution in [-0.2, 0) is 17.6 Å². The number of esters is 1. The molecule has 0 saturated carbocycles. The van der Waals surface area contributed by atoms with E-state index >= 15 is 0 Å². The van der Waals surface area contributed by atoms with E-state index in [-0.39, 0.29) is 5.97 Å². The third-order valence-electron chi connectivity index (χ3n) is 4.01. The number of aromatic nitrogens is 1. The standard InChI is InChI=1S/C20H21NO2/c1-3-23-20(22)18-14-17(10-9-16-7-5-4-6-8-16)21-12-11-15(2)13-19(18)21/h4-8,11-14H,3,9-10H2,1-2H3. The van der Waals surface area contributed by atoms with E-state index in [1.54, 1.807) is 0 Å². The SMILES string of the molecule is CCOC(=O)c1cc(CCc2ccccc2)n2ccc(C)cc12. The molecule has 0 aliphatic heterocycles. The van der Waals surface area contributed by atoms with Crippen molar-refractivity contribution < 1.29 is 9.53 Å². The van der Waals surface area contributed by atoms with Gasteiger partial charge in [-0.3, -0.25) is 0 Å². The minimum atomic E-state index is -0.249.